The highest BCUT2D eigenvalue weighted by Gasteiger charge is 2.11. The van der Waals surface area contributed by atoms with E-state index in [0.717, 1.165) is 6.54 Å². The van der Waals surface area contributed by atoms with Crippen LogP contribution in [-0.4, -0.2) is 22.4 Å². The fraction of sp³-hybridized carbons (Fsp3) is 0.353. The molecule has 5 nitrogen and oxygen atoms in total. The van der Waals surface area contributed by atoms with Gasteiger partial charge in [-0.3, -0.25) is 4.79 Å². The normalized spacial score (nSPS) is 10.7. The molecule has 0 saturated heterocycles. The van der Waals surface area contributed by atoms with Gasteiger partial charge in [-0.2, -0.15) is 0 Å². The van der Waals surface area contributed by atoms with Crippen molar-refractivity contribution in [3.05, 3.63) is 53.1 Å². The second-order valence-electron chi connectivity index (χ2n) is 5.77. The lowest BCUT2D eigenvalue weighted by Gasteiger charge is -2.10. The maximum absolute atomic E-state index is 13.6. The van der Waals surface area contributed by atoms with Crippen molar-refractivity contribution >= 4 is 11.9 Å². The molecule has 0 radical (unpaired) electrons. The molecule has 1 heterocycles. The van der Waals surface area contributed by atoms with E-state index in [0.29, 0.717) is 23.1 Å². The van der Waals surface area contributed by atoms with E-state index >= 15 is 0 Å². The van der Waals surface area contributed by atoms with Crippen LogP contribution < -0.4 is 10.6 Å². The topological polar surface area (TPSA) is 66.9 Å². The molecule has 1 aromatic heterocycles. The number of hydrogen-bond donors (Lipinski definition) is 2. The molecule has 1 aromatic carbocycles. The second kappa shape index (κ2) is 7.67. The number of hydrogen-bond acceptors (Lipinski definition) is 4. The molecule has 0 aliphatic heterocycles. The summed E-state index contributed by atoms with van der Waals surface area (Å²) >= 11 is 0. The van der Waals surface area contributed by atoms with E-state index in [1.54, 1.807) is 31.2 Å². The van der Waals surface area contributed by atoms with Gasteiger partial charge in [0.1, 0.15) is 11.5 Å². The number of rotatable bonds is 6. The van der Waals surface area contributed by atoms with Crippen LogP contribution in [0, 0.1) is 18.7 Å². The number of amides is 1. The maximum atomic E-state index is 13.6. The predicted octanol–water partition coefficient (Wildman–Crippen LogP) is 2.92. The Morgan fingerprint density at radius 2 is 2.00 bits per heavy atom. The molecule has 0 bridgehead atoms. The maximum Gasteiger partial charge on any atom is 0.270 e. The summed E-state index contributed by atoms with van der Waals surface area (Å²) in [5.74, 6) is 0.171. The van der Waals surface area contributed by atoms with Crippen molar-refractivity contribution in [3.8, 4) is 0 Å². The molecule has 23 heavy (non-hydrogen) atoms. The number of anilines is 1. The van der Waals surface area contributed by atoms with Crippen molar-refractivity contribution < 1.29 is 9.18 Å². The minimum atomic E-state index is -0.355. The van der Waals surface area contributed by atoms with Gasteiger partial charge in [-0.15, -0.1) is 0 Å². The third-order valence-corrected chi connectivity index (χ3v) is 3.15. The second-order valence-corrected chi connectivity index (χ2v) is 5.77. The summed E-state index contributed by atoms with van der Waals surface area (Å²) in [6.45, 7) is 6.79. The summed E-state index contributed by atoms with van der Waals surface area (Å²) in [7, 11) is 0. The Bertz CT molecular complexity index is 688. The average molecular weight is 316 g/mol. The molecular formula is C17H21FN4O. The fourth-order valence-electron chi connectivity index (χ4n) is 1.97. The zero-order valence-corrected chi connectivity index (χ0v) is 13.6. The lowest BCUT2D eigenvalue weighted by Crippen LogP contribution is -2.25. The molecule has 0 atom stereocenters. The van der Waals surface area contributed by atoms with Crippen LogP contribution in [0.2, 0.25) is 0 Å². The molecule has 1 amide bonds. The van der Waals surface area contributed by atoms with Crippen LogP contribution >= 0.6 is 0 Å². The van der Waals surface area contributed by atoms with E-state index in [2.05, 4.69) is 34.4 Å². The van der Waals surface area contributed by atoms with Crippen LogP contribution in [0.5, 0.6) is 0 Å². The Balaban J connectivity index is 2.05. The van der Waals surface area contributed by atoms with Crippen LogP contribution in [-0.2, 0) is 6.54 Å². The first-order valence-corrected chi connectivity index (χ1v) is 7.57. The molecule has 0 saturated carbocycles. The third-order valence-electron chi connectivity index (χ3n) is 3.15. The summed E-state index contributed by atoms with van der Waals surface area (Å²) in [5, 5.41) is 5.78. The van der Waals surface area contributed by atoms with Crippen molar-refractivity contribution in [2.45, 2.75) is 27.3 Å². The molecule has 0 spiro atoms. The monoisotopic (exact) mass is 316 g/mol. The van der Waals surface area contributed by atoms with Gasteiger partial charge >= 0.3 is 0 Å². The van der Waals surface area contributed by atoms with E-state index < -0.39 is 0 Å². The zero-order chi connectivity index (χ0) is 16.8. The van der Waals surface area contributed by atoms with Gasteiger partial charge in [-0.05, 0) is 25.0 Å². The average Bonchev–Trinajstić information content (AvgIpc) is 2.51. The molecule has 2 rings (SSSR count). The van der Waals surface area contributed by atoms with Crippen molar-refractivity contribution in [1.29, 1.82) is 0 Å². The van der Waals surface area contributed by atoms with Crippen LogP contribution in [0.3, 0.4) is 0 Å². The van der Waals surface area contributed by atoms with E-state index in [4.69, 9.17) is 0 Å². The van der Waals surface area contributed by atoms with Gasteiger partial charge in [-0.1, -0.05) is 32.0 Å². The highest BCUT2D eigenvalue weighted by atomic mass is 19.1. The van der Waals surface area contributed by atoms with Gasteiger partial charge in [0.05, 0.1) is 0 Å². The summed E-state index contributed by atoms with van der Waals surface area (Å²) in [6, 6.07) is 7.95. The van der Waals surface area contributed by atoms with Crippen LogP contribution in [0.25, 0.3) is 0 Å². The molecule has 2 aromatic rings. The third kappa shape index (κ3) is 5.02. The smallest absolute Gasteiger partial charge is 0.270 e. The van der Waals surface area contributed by atoms with E-state index in [-0.39, 0.29) is 24.0 Å². The van der Waals surface area contributed by atoms with Crippen molar-refractivity contribution in [2.24, 2.45) is 5.92 Å². The number of carbonyl (C=O) groups is 1. The number of aromatic nitrogens is 2. The van der Waals surface area contributed by atoms with Gasteiger partial charge in [0.25, 0.3) is 5.91 Å². The number of carbonyl (C=O) groups excluding carboxylic acids is 1. The van der Waals surface area contributed by atoms with E-state index in [1.807, 2.05) is 0 Å². The molecule has 0 fully saturated rings. The van der Waals surface area contributed by atoms with Crippen LogP contribution in [0.15, 0.2) is 30.3 Å². The molecule has 0 unspecified atom stereocenters. The summed E-state index contributed by atoms with van der Waals surface area (Å²) in [6.07, 6.45) is 0. The first kappa shape index (κ1) is 16.9. The SMILES string of the molecule is Cc1cc(C(=O)NCc2ccccc2F)nc(NCC(C)C)n1. The molecule has 0 aliphatic rings. The Hall–Kier alpha value is -2.50. The number of halogens is 1. The minimum absolute atomic E-state index is 0.114. The molecular weight excluding hydrogens is 295 g/mol. The van der Waals surface area contributed by atoms with Gasteiger partial charge in [0.2, 0.25) is 5.95 Å². The highest BCUT2D eigenvalue weighted by molar-refractivity contribution is 5.92. The first-order valence-electron chi connectivity index (χ1n) is 7.57. The number of benzene rings is 1. The van der Waals surface area contributed by atoms with Crippen molar-refractivity contribution in [2.75, 3.05) is 11.9 Å². The minimum Gasteiger partial charge on any atom is -0.354 e. The largest absolute Gasteiger partial charge is 0.354 e. The first-order chi connectivity index (χ1) is 11.0. The molecule has 0 aliphatic carbocycles. The Morgan fingerprint density at radius 1 is 1.26 bits per heavy atom. The summed E-state index contributed by atoms with van der Waals surface area (Å²) in [4.78, 5) is 20.7. The lowest BCUT2D eigenvalue weighted by molar-refractivity contribution is 0.0945. The van der Waals surface area contributed by atoms with Gasteiger partial charge in [0, 0.05) is 24.3 Å². The van der Waals surface area contributed by atoms with E-state index in [1.165, 1.54) is 6.07 Å². The van der Waals surface area contributed by atoms with Crippen molar-refractivity contribution in [3.63, 3.8) is 0 Å². The van der Waals surface area contributed by atoms with Gasteiger partial charge < -0.3 is 10.6 Å². The molecule has 2 N–H and O–H groups in total. The molecule has 6 heteroatoms. The fourth-order valence-corrected chi connectivity index (χ4v) is 1.97. The standard InChI is InChI=1S/C17H21FN4O/c1-11(2)9-20-17-21-12(3)8-15(22-17)16(23)19-10-13-6-4-5-7-14(13)18/h4-8,11H,9-10H2,1-3H3,(H,19,23)(H,20,21,22). The van der Waals surface area contributed by atoms with Gasteiger partial charge in [0.15, 0.2) is 0 Å². The van der Waals surface area contributed by atoms with Crippen LogP contribution in [0.1, 0.15) is 35.6 Å². The quantitative estimate of drug-likeness (QED) is 0.860. The number of aryl methyl sites for hydroxylation is 1. The van der Waals surface area contributed by atoms with Gasteiger partial charge in [-0.25, -0.2) is 14.4 Å². The lowest BCUT2D eigenvalue weighted by atomic mass is 10.2. The highest BCUT2D eigenvalue weighted by Crippen LogP contribution is 2.08. The predicted molar refractivity (Wildman–Crippen MR) is 87.7 cm³/mol. The number of nitrogens with one attached hydrogen (secondary N) is 2. The van der Waals surface area contributed by atoms with Crippen LogP contribution in [0.4, 0.5) is 10.3 Å². The zero-order valence-electron chi connectivity index (χ0n) is 13.6. The Kier molecular flexibility index (Phi) is 5.62. The van der Waals surface area contributed by atoms with E-state index in [9.17, 15) is 9.18 Å². The van der Waals surface area contributed by atoms with Crippen molar-refractivity contribution in [1.82, 2.24) is 15.3 Å². The molecule has 122 valence electrons. The number of nitrogens with zero attached hydrogens (tertiary/aromatic N) is 2. The summed E-state index contributed by atoms with van der Waals surface area (Å²) in [5.41, 5.74) is 1.40. The summed E-state index contributed by atoms with van der Waals surface area (Å²) < 4.78 is 13.6. The Morgan fingerprint density at radius 3 is 2.70 bits per heavy atom. The Labute approximate surface area is 135 Å².